The number of rotatable bonds is 4. The predicted molar refractivity (Wildman–Crippen MR) is 78.1 cm³/mol. The molecule has 1 aliphatic rings. The predicted octanol–water partition coefficient (Wildman–Crippen LogP) is 1.74. The van der Waals surface area contributed by atoms with Crippen LogP contribution in [-0.4, -0.2) is 33.3 Å². The van der Waals surface area contributed by atoms with Gasteiger partial charge >= 0.3 is 0 Å². The van der Waals surface area contributed by atoms with Crippen LogP contribution in [0.5, 0.6) is 0 Å². The third-order valence-electron chi connectivity index (χ3n) is 3.68. The lowest BCUT2D eigenvalue weighted by Crippen LogP contribution is -2.24. The summed E-state index contributed by atoms with van der Waals surface area (Å²) in [5, 5.41) is 3.24. The Hall–Kier alpha value is -2.63. The van der Waals surface area contributed by atoms with Gasteiger partial charge in [0.05, 0.1) is 17.7 Å². The van der Waals surface area contributed by atoms with Crippen LogP contribution in [0.15, 0.2) is 30.6 Å². The summed E-state index contributed by atoms with van der Waals surface area (Å²) in [6, 6.07) is 5.22. The fourth-order valence-electron chi connectivity index (χ4n) is 2.45. The van der Waals surface area contributed by atoms with E-state index in [0.29, 0.717) is 17.7 Å². The van der Waals surface area contributed by atoms with E-state index in [4.69, 9.17) is 0 Å². The summed E-state index contributed by atoms with van der Waals surface area (Å²) in [7, 11) is 1.50. The van der Waals surface area contributed by atoms with Crippen molar-refractivity contribution in [2.24, 2.45) is 0 Å². The first-order chi connectivity index (χ1) is 10.1. The van der Waals surface area contributed by atoms with Crippen molar-refractivity contribution in [2.45, 2.75) is 20.0 Å². The highest BCUT2D eigenvalue weighted by atomic mass is 16.2. The van der Waals surface area contributed by atoms with Crippen LogP contribution in [0.2, 0.25) is 0 Å². The number of amides is 2. The van der Waals surface area contributed by atoms with E-state index in [2.05, 4.69) is 17.2 Å². The number of hydrogen-bond acceptors (Lipinski definition) is 4. The molecule has 0 unspecified atom stereocenters. The third kappa shape index (κ3) is 2.18. The number of benzene rings is 1. The van der Waals surface area contributed by atoms with Crippen molar-refractivity contribution in [3.05, 3.63) is 47.5 Å². The molecule has 1 aliphatic heterocycles. The van der Waals surface area contributed by atoms with Gasteiger partial charge in [0, 0.05) is 31.7 Å². The molecule has 6 heteroatoms. The zero-order valence-corrected chi connectivity index (χ0v) is 12.0. The monoisotopic (exact) mass is 284 g/mol. The van der Waals surface area contributed by atoms with Crippen molar-refractivity contribution in [1.82, 2.24) is 14.5 Å². The number of carbonyl (C=O) groups excluding carboxylic acids is 2. The van der Waals surface area contributed by atoms with Gasteiger partial charge in [0.15, 0.2) is 0 Å². The van der Waals surface area contributed by atoms with Crippen molar-refractivity contribution in [1.29, 1.82) is 0 Å². The smallest absolute Gasteiger partial charge is 0.261 e. The Balaban J connectivity index is 1.80. The Labute approximate surface area is 122 Å². The molecule has 2 amide bonds. The molecule has 0 atom stereocenters. The standard InChI is InChI=1S/C15H16N4O2/c1-3-19-7-6-16-13(19)9-17-10-4-5-11-12(8-10)15(21)18(2)14(11)20/h4-8,17H,3,9H2,1-2H3. The molecular formula is C15H16N4O2. The topological polar surface area (TPSA) is 67.2 Å². The van der Waals surface area contributed by atoms with Gasteiger partial charge in [0.25, 0.3) is 11.8 Å². The van der Waals surface area contributed by atoms with E-state index in [1.165, 1.54) is 7.05 Å². The van der Waals surface area contributed by atoms with Crippen LogP contribution in [0.25, 0.3) is 0 Å². The maximum atomic E-state index is 12.0. The van der Waals surface area contributed by atoms with Gasteiger partial charge in [-0.05, 0) is 25.1 Å². The van der Waals surface area contributed by atoms with Crippen molar-refractivity contribution in [3.8, 4) is 0 Å². The summed E-state index contributed by atoms with van der Waals surface area (Å²) in [4.78, 5) is 29.2. The minimum atomic E-state index is -0.256. The second-order valence-electron chi connectivity index (χ2n) is 4.91. The summed E-state index contributed by atoms with van der Waals surface area (Å²) in [6.07, 6.45) is 3.69. The fraction of sp³-hybridized carbons (Fsp3) is 0.267. The highest BCUT2D eigenvalue weighted by Crippen LogP contribution is 2.24. The third-order valence-corrected chi connectivity index (χ3v) is 3.68. The maximum Gasteiger partial charge on any atom is 0.261 e. The van der Waals surface area contributed by atoms with Crippen LogP contribution in [0.3, 0.4) is 0 Å². The first kappa shape index (κ1) is 13.4. The van der Waals surface area contributed by atoms with Crippen LogP contribution in [0.1, 0.15) is 33.5 Å². The first-order valence-corrected chi connectivity index (χ1v) is 6.82. The fourth-order valence-corrected chi connectivity index (χ4v) is 2.45. The van der Waals surface area contributed by atoms with E-state index in [1.807, 2.05) is 16.8 Å². The summed E-state index contributed by atoms with van der Waals surface area (Å²) in [6.45, 7) is 3.48. The number of aromatic nitrogens is 2. The molecule has 0 saturated heterocycles. The molecule has 0 spiro atoms. The molecule has 6 nitrogen and oxygen atoms in total. The van der Waals surface area contributed by atoms with Gasteiger partial charge in [-0.3, -0.25) is 14.5 Å². The van der Waals surface area contributed by atoms with Crippen molar-refractivity contribution in [3.63, 3.8) is 0 Å². The molecule has 108 valence electrons. The minimum Gasteiger partial charge on any atom is -0.378 e. The van der Waals surface area contributed by atoms with Gasteiger partial charge in [-0.25, -0.2) is 4.98 Å². The van der Waals surface area contributed by atoms with Gasteiger partial charge in [-0.1, -0.05) is 0 Å². The highest BCUT2D eigenvalue weighted by molar-refractivity contribution is 6.21. The zero-order valence-electron chi connectivity index (χ0n) is 12.0. The molecule has 1 aromatic carbocycles. The molecule has 2 heterocycles. The second kappa shape index (κ2) is 5.05. The van der Waals surface area contributed by atoms with Crippen molar-refractivity contribution in [2.75, 3.05) is 12.4 Å². The average Bonchev–Trinajstić information content (AvgIpc) is 3.05. The summed E-state index contributed by atoms with van der Waals surface area (Å²) >= 11 is 0. The minimum absolute atomic E-state index is 0.247. The summed E-state index contributed by atoms with van der Waals surface area (Å²) in [5.74, 6) is 0.425. The lowest BCUT2D eigenvalue weighted by atomic mass is 10.1. The van der Waals surface area contributed by atoms with E-state index in [0.717, 1.165) is 23.0 Å². The second-order valence-corrected chi connectivity index (χ2v) is 4.91. The first-order valence-electron chi connectivity index (χ1n) is 6.82. The van der Waals surface area contributed by atoms with Gasteiger partial charge in [-0.2, -0.15) is 0 Å². The van der Waals surface area contributed by atoms with Crippen LogP contribution in [0.4, 0.5) is 5.69 Å². The van der Waals surface area contributed by atoms with Crippen LogP contribution < -0.4 is 5.32 Å². The normalized spacial score (nSPS) is 13.7. The van der Waals surface area contributed by atoms with Gasteiger partial charge in [0.2, 0.25) is 0 Å². The number of aryl methyl sites for hydroxylation is 1. The number of imidazole rings is 1. The molecule has 1 N–H and O–H groups in total. The number of hydrogen-bond donors (Lipinski definition) is 1. The molecule has 0 fully saturated rings. The Bertz CT molecular complexity index is 720. The zero-order chi connectivity index (χ0) is 15.0. The molecular weight excluding hydrogens is 268 g/mol. The molecule has 21 heavy (non-hydrogen) atoms. The van der Waals surface area contributed by atoms with Crippen molar-refractivity contribution < 1.29 is 9.59 Å². The molecule has 0 radical (unpaired) electrons. The molecule has 2 aromatic rings. The number of nitrogens with zero attached hydrogens (tertiary/aromatic N) is 3. The van der Waals surface area contributed by atoms with E-state index >= 15 is 0 Å². The van der Waals surface area contributed by atoms with E-state index in [1.54, 1.807) is 18.3 Å². The van der Waals surface area contributed by atoms with Gasteiger partial charge in [-0.15, -0.1) is 0 Å². The molecule has 3 rings (SSSR count). The number of imide groups is 1. The average molecular weight is 284 g/mol. The lowest BCUT2D eigenvalue weighted by Gasteiger charge is -2.08. The molecule has 1 aromatic heterocycles. The Morgan fingerprint density at radius 1 is 1.19 bits per heavy atom. The Morgan fingerprint density at radius 3 is 2.71 bits per heavy atom. The number of carbonyl (C=O) groups is 2. The van der Waals surface area contributed by atoms with Gasteiger partial charge in [0.1, 0.15) is 5.82 Å². The number of fused-ring (bicyclic) bond motifs is 1. The van der Waals surface area contributed by atoms with Crippen LogP contribution >= 0.6 is 0 Å². The Morgan fingerprint density at radius 2 is 1.95 bits per heavy atom. The van der Waals surface area contributed by atoms with Crippen LogP contribution in [-0.2, 0) is 13.1 Å². The van der Waals surface area contributed by atoms with E-state index < -0.39 is 0 Å². The summed E-state index contributed by atoms with van der Waals surface area (Å²) < 4.78 is 2.04. The summed E-state index contributed by atoms with van der Waals surface area (Å²) in [5.41, 5.74) is 1.71. The molecule has 0 saturated carbocycles. The molecule has 0 aliphatic carbocycles. The highest BCUT2D eigenvalue weighted by Gasteiger charge is 2.32. The van der Waals surface area contributed by atoms with Gasteiger partial charge < -0.3 is 9.88 Å². The SMILES string of the molecule is CCn1ccnc1CNc1ccc2c(c1)C(=O)N(C)C2=O. The van der Waals surface area contributed by atoms with Crippen molar-refractivity contribution >= 4 is 17.5 Å². The lowest BCUT2D eigenvalue weighted by molar-refractivity contribution is 0.0693. The van der Waals surface area contributed by atoms with Crippen LogP contribution in [0, 0.1) is 0 Å². The quantitative estimate of drug-likeness (QED) is 0.868. The maximum absolute atomic E-state index is 12.0. The number of nitrogens with one attached hydrogen (secondary N) is 1. The van der Waals surface area contributed by atoms with E-state index in [-0.39, 0.29) is 11.8 Å². The van der Waals surface area contributed by atoms with E-state index in [9.17, 15) is 9.59 Å². The Kier molecular flexibility index (Phi) is 3.21. The largest absolute Gasteiger partial charge is 0.378 e. The number of anilines is 1. The molecule has 0 bridgehead atoms.